The first-order valence-electron chi connectivity index (χ1n) is 6.00. The average molecular weight is 310 g/mol. The van der Waals surface area contributed by atoms with Gasteiger partial charge in [0.25, 0.3) is 0 Å². The van der Waals surface area contributed by atoms with Crippen LogP contribution >= 0.6 is 0 Å². The maximum absolute atomic E-state index is 12.4. The zero-order valence-corrected chi connectivity index (χ0v) is 15.0. The summed E-state index contributed by atoms with van der Waals surface area (Å²) in [5.74, 6) is 0.874. The average Bonchev–Trinajstić information content (AvgIpc) is 2.58. The van der Waals surface area contributed by atoms with Crippen molar-refractivity contribution in [2.75, 3.05) is 6.61 Å². The number of benzene rings is 1. The second-order valence-electron chi connectivity index (χ2n) is 5.30. The normalized spacial score (nSPS) is 15.8. The zero-order chi connectivity index (χ0) is 14.3. The molecule has 1 aromatic carbocycles. The summed E-state index contributed by atoms with van der Waals surface area (Å²) in [6.07, 6.45) is 0.712. The van der Waals surface area contributed by atoms with Gasteiger partial charge in [0.1, 0.15) is 5.60 Å². The summed E-state index contributed by atoms with van der Waals surface area (Å²) in [4.78, 5) is 0. The standard InChI is InChI=1S/C13H15BF3O2.K/c1-9(14(15,16)17)8-18-11-6-4-5-10-7-13(2,3)19-12(10)11;/h4-6H,1,7-8H2,2-3H3;/q-1;+1. The molecule has 0 aromatic heterocycles. The fourth-order valence-corrected chi connectivity index (χ4v) is 1.97. The number of fused-ring (bicyclic) bond motifs is 1. The van der Waals surface area contributed by atoms with Crippen molar-refractivity contribution in [3.63, 3.8) is 0 Å². The Morgan fingerprint density at radius 3 is 2.65 bits per heavy atom. The number of hydrogen-bond donors (Lipinski definition) is 0. The zero-order valence-electron chi connectivity index (χ0n) is 11.9. The maximum Gasteiger partial charge on any atom is 1.00 e. The molecule has 1 heterocycles. The molecule has 2 rings (SSSR count). The number of para-hydroxylation sites is 1. The third-order valence-electron chi connectivity index (χ3n) is 2.93. The Bertz CT molecular complexity index is 515. The molecule has 0 unspecified atom stereocenters. The molecule has 1 aliphatic heterocycles. The van der Waals surface area contributed by atoms with E-state index in [9.17, 15) is 12.9 Å². The van der Waals surface area contributed by atoms with Gasteiger partial charge in [-0.25, -0.2) is 0 Å². The maximum atomic E-state index is 12.4. The van der Waals surface area contributed by atoms with Gasteiger partial charge in [0.2, 0.25) is 0 Å². The van der Waals surface area contributed by atoms with Gasteiger partial charge in [-0.05, 0) is 19.9 Å². The molecule has 1 aliphatic rings. The van der Waals surface area contributed by atoms with Crippen LogP contribution in [-0.2, 0) is 6.42 Å². The van der Waals surface area contributed by atoms with Crippen molar-refractivity contribution in [1.29, 1.82) is 0 Å². The second kappa shape index (κ2) is 6.44. The Balaban J connectivity index is 0.00000200. The molecule has 0 spiro atoms. The quantitative estimate of drug-likeness (QED) is 0.763. The third-order valence-corrected chi connectivity index (χ3v) is 2.93. The number of ether oxygens (including phenoxy) is 2. The summed E-state index contributed by atoms with van der Waals surface area (Å²) < 4.78 is 48.1. The van der Waals surface area contributed by atoms with Gasteiger partial charge in [0, 0.05) is 12.0 Å². The van der Waals surface area contributed by atoms with Crippen molar-refractivity contribution < 1.29 is 73.8 Å². The molecule has 0 N–H and O–H groups in total. The van der Waals surface area contributed by atoms with E-state index in [0.717, 1.165) is 5.56 Å². The molecule has 0 radical (unpaired) electrons. The minimum absolute atomic E-state index is 0. The van der Waals surface area contributed by atoms with Gasteiger partial charge in [-0.1, -0.05) is 12.1 Å². The number of hydrogen-bond acceptors (Lipinski definition) is 2. The fourth-order valence-electron chi connectivity index (χ4n) is 1.97. The first-order valence-corrected chi connectivity index (χ1v) is 6.00. The molecule has 0 aliphatic carbocycles. The van der Waals surface area contributed by atoms with Gasteiger partial charge >= 0.3 is 58.4 Å². The van der Waals surface area contributed by atoms with Crippen LogP contribution < -0.4 is 60.9 Å². The molecule has 1 aromatic rings. The van der Waals surface area contributed by atoms with Gasteiger partial charge in [-0.3, -0.25) is 0 Å². The van der Waals surface area contributed by atoms with Crippen LogP contribution in [0.25, 0.3) is 0 Å². The fraction of sp³-hybridized carbons (Fsp3) is 0.385. The topological polar surface area (TPSA) is 18.5 Å². The minimum atomic E-state index is -5.06. The van der Waals surface area contributed by atoms with Crippen LogP contribution in [0.3, 0.4) is 0 Å². The van der Waals surface area contributed by atoms with Crippen molar-refractivity contribution in [1.82, 2.24) is 0 Å². The molecular weight excluding hydrogens is 295 g/mol. The van der Waals surface area contributed by atoms with E-state index < -0.39 is 19.1 Å². The predicted octanol–water partition coefficient (Wildman–Crippen LogP) is 0.726. The van der Waals surface area contributed by atoms with E-state index in [1.165, 1.54) is 0 Å². The molecule has 0 bridgehead atoms. The van der Waals surface area contributed by atoms with Crippen LogP contribution in [0, 0.1) is 0 Å². The van der Waals surface area contributed by atoms with Crippen LogP contribution in [0.4, 0.5) is 12.9 Å². The van der Waals surface area contributed by atoms with Gasteiger partial charge in [-0.15, -0.1) is 12.1 Å². The summed E-state index contributed by atoms with van der Waals surface area (Å²) in [6.45, 7) is 1.22. The van der Waals surface area contributed by atoms with Crippen molar-refractivity contribution >= 4 is 6.98 Å². The molecule has 2 nitrogen and oxygen atoms in total. The van der Waals surface area contributed by atoms with E-state index in [1.54, 1.807) is 12.1 Å². The van der Waals surface area contributed by atoms with Gasteiger partial charge in [0.15, 0.2) is 11.5 Å². The van der Waals surface area contributed by atoms with Crippen LogP contribution in [0.15, 0.2) is 30.3 Å². The predicted molar refractivity (Wildman–Crippen MR) is 68.6 cm³/mol. The summed E-state index contributed by atoms with van der Waals surface area (Å²) >= 11 is 0. The van der Waals surface area contributed by atoms with Gasteiger partial charge in [-0.2, -0.15) is 0 Å². The van der Waals surface area contributed by atoms with E-state index in [2.05, 4.69) is 6.58 Å². The molecule has 7 heteroatoms. The monoisotopic (exact) mass is 310 g/mol. The molecule has 20 heavy (non-hydrogen) atoms. The summed E-state index contributed by atoms with van der Waals surface area (Å²) in [5.41, 5.74) is -0.257. The Hall–Kier alpha value is 0.0513. The largest absolute Gasteiger partial charge is 1.00 e. The van der Waals surface area contributed by atoms with E-state index in [-0.39, 0.29) is 57.0 Å². The Kier molecular flexibility index (Phi) is 5.83. The molecule has 0 amide bonds. The van der Waals surface area contributed by atoms with E-state index >= 15 is 0 Å². The second-order valence-corrected chi connectivity index (χ2v) is 5.30. The van der Waals surface area contributed by atoms with Crippen LogP contribution in [-0.4, -0.2) is 19.2 Å². The first-order chi connectivity index (χ1) is 8.69. The smallest absolute Gasteiger partial charge is 0.489 e. The Labute approximate surface area is 159 Å². The number of halogens is 3. The molecule has 0 saturated carbocycles. The van der Waals surface area contributed by atoms with Crippen LogP contribution in [0.1, 0.15) is 19.4 Å². The van der Waals surface area contributed by atoms with Crippen molar-refractivity contribution in [3.05, 3.63) is 35.8 Å². The summed E-state index contributed by atoms with van der Waals surface area (Å²) in [5, 5.41) is 0. The van der Waals surface area contributed by atoms with Crippen LogP contribution in [0.5, 0.6) is 11.5 Å². The molecule has 0 saturated heterocycles. The first kappa shape index (κ1) is 18.1. The van der Waals surface area contributed by atoms with Crippen molar-refractivity contribution in [2.24, 2.45) is 0 Å². The van der Waals surface area contributed by atoms with Crippen molar-refractivity contribution in [2.45, 2.75) is 25.9 Å². The molecule has 104 valence electrons. The van der Waals surface area contributed by atoms with E-state index in [1.807, 2.05) is 19.9 Å². The summed E-state index contributed by atoms with van der Waals surface area (Å²) in [7, 11) is 0. The van der Waals surface area contributed by atoms with Gasteiger partial charge < -0.3 is 22.4 Å². The van der Waals surface area contributed by atoms with Crippen LogP contribution in [0.2, 0.25) is 0 Å². The third kappa shape index (κ3) is 4.27. The minimum Gasteiger partial charge on any atom is -0.489 e. The SMILES string of the molecule is C=C(COc1cccc2c1OC(C)(C)C2)[B-](F)(F)F.[K+]. The number of rotatable bonds is 4. The van der Waals surface area contributed by atoms with E-state index in [4.69, 9.17) is 9.47 Å². The Morgan fingerprint density at radius 2 is 2.05 bits per heavy atom. The molecule has 0 atom stereocenters. The van der Waals surface area contributed by atoms with Gasteiger partial charge in [0.05, 0.1) is 6.61 Å². The van der Waals surface area contributed by atoms with E-state index in [0.29, 0.717) is 17.9 Å². The molecular formula is C13H15BF3KO2. The van der Waals surface area contributed by atoms with Crippen molar-refractivity contribution in [3.8, 4) is 11.5 Å². The Morgan fingerprint density at radius 1 is 1.40 bits per heavy atom. The summed E-state index contributed by atoms with van der Waals surface area (Å²) in [6, 6.07) is 5.25. The molecule has 0 fully saturated rings.